The molecule has 1 aromatic heterocycles. The maximum Gasteiger partial charge on any atom is 0.160 e. The molecule has 0 atom stereocenters. The summed E-state index contributed by atoms with van der Waals surface area (Å²) >= 11 is 0. The number of fused-ring (bicyclic) bond motifs is 9. The lowest BCUT2D eigenvalue weighted by Gasteiger charge is -2.39. The molecule has 0 unspecified atom stereocenters. The van der Waals surface area contributed by atoms with Crippen molar-refractivity contribution in [1.29, 1.82) is 0 Å². The highest BCUT2D eigenvalue weighted by Gasteiger charge is 2.50. The second kappa shape index (κ2) is 11.3. The van der Waals surface area contributed by atoms with E-state index in [4.69, 9.17) is 14.7 Å². The Balaban J connectivity index is 1.20. The summed E-state index contributed by atoms with van der Waals surface area (Å²) in [6.07, 6.45) is 0. The molecule has 1 aliphatic heterocycles. The molecule has 50 heavy (non-hydrogen) atoms. The van der Waals surface area contributed by atoms with Crippen LogP contribution >= 0.6 is 0 Å². The summed E-state index contributed by atoms with van der Waals surface area (Å²) in [7, 11) is 0. The molecule has 8 aromatic rings. The van der Waals surface area contributed by atoms with Crippen LogP contribution in [0.15, 0.2) is 182 Å². The molecule has 0 saturated carbocycles. The van der Waals surface area contributed by atoms with Crippen molar-refractivity contribution in [3.63, 3.8) is 0 Å². The third kappa shape index (κ3) is 4.23. The van der Waals surface area contributed by atoms with E-state index in [9.17, 15) is 0 Å². The first-order valence-electron chi connectivity index (χ1n) is 17.0. The van der Waals surface area contributed by atoms with Crippen molar-refractivity contribution in [3.05, 3.63) is 204 Å². The summed E-state index contributed by atoms with van der Waals surface area (Å²) in [4.78, 5) is 10.4. The van der Waals surface area contributed by atoms with Crippen LogP contribution in [0.1, 0.15) is 22.3 Å². The number of ether oxygens (including phenoxy) is 1. The number of rotatable bonds is 4. The number of nitrogens with zero attached hydrogens (tertiary/aromatic N) is 2. The van der Waals surface area contributed by atoms with Gasteiger partial charge in [-0.2, -0.15) is 0 Å². The molecule has 3 nitrogen and oxygen atoms in total. The van der Waals surface area contributed by atoms with E-state index in [0.717, 1.165) is 61.8 Å². The van der Waals surface area contributed by atoms with Gasteiger partial charge in [-0.1, -0.05) is 164 Å². The molecule has 2 heterocycles. The standard InChI is InChI=1S/C47H30N2O/c1-3-15-31(16-4-1)34-19-7-8-22-37(34)43-30-42(48-46(49-43)32-17-5-2-6-18-32)33-27-28-41-45(29-33)50-44-26-14-13-25-40(44)47(41)38-23-11-9-20-35(38)36-21-10-12-24-39(36)47/h1-30H. The van der Waals surface area contributed by atoms with Gasteiger partial charge >= 0.3 is 0 Å². The lowest BCUT2D eigenvalue weighted by molar-refractivity contribution is 0.436. The van der Waals surface area contributed by atoms with Crippen molar-refractivity contribution >= 4 is 0 Å². The Kier molecular flexibility index (Phi) is 6.40. The highest BCUT2D eigenvalue weighted by atomic mass is 16.5. The van der Waals surface area contributed by atoms with Crippen molar-refractivity contribution in [2.75, 3.05) is 0 Å². The SMILES string of the molecule is c1ccc(-c2nc(-c3ccc4c(c3)Oc3ccccc3C43c4ccccc4-c4ccccc43)cc(-c3ccccc3-c3ccccc3)n2)cc1. The van der Waals surface area contributed by atoms with Gasteiger partial charge in [0.25, 0.3) is 0 Å². The van der Waals surface area contributed by atoms with E-state index in [0.29, 0.717) is 5.82 Å². The molecule has 234 valence electrons. The van der Waals surface area contributed by atoms with Gasteiger partial charge in [0.2, 0.25) is 0 Å². The molecular weight excluding hydrogens is 609 g/mol. The van der Waals surface area contributed by atoms with Crippen LogP contribution in [0.4, 0.5) is 0 Å². The average molecular weight is 639 g/mol. The van der Waals surface area contributed by atoms with Crippen LogP contribution < -0.4 is 4.74 Å². The van der Waals surface area contributed by atoms with Gasteiger partial charge in [0.1, 0.15) is 11.5 Å². The van der Waals surface area contributed by atoms with Crippen molar-refractivity contribution in [3.8, 4) is 67.7 Å². The van der Waals surface area contributed by atoms with E-state index >= 15 is 0 Å². The van der Waals surface area contributed by atoms with Gasteiger partial charge in [-0.3, -0.25) is 0 Å². The Morgan fingerprint density at radius 3 is 1.56 bits per heavy atom. The van der Waals surface area contributed by atoms with E-state index in [1.54, 1.807) is 0 Å². The van der Waals surface area contributed by atoms with E-state index in [1.807, 2.05) is 24.3 Å². The molecular formula is C47H30N2O. The third-order valence-electron chi connectivity index (χ3n) is 10.2. The minimum absolute atomic E-state index is 0.503. The summed E-state index contributed by atoms with van der Waals surface area (Å²) in [6.45, 7) is 0. The Morgan fingerprint density at radius 2 is 0.860 bits per heavy atom. The Labute approximate surface area is 291 Å². The summed E-state index contributed by atoms with van der Waals surface area (Å²) in [6, 6.07) is 64.0. The molecule has 7 aromatic carbocycles. The minimum atomic E-state index is -0.503. The fourth-order valence-corrected chi connectivity index (χ4v) is 8.05. The van der Waals surface area contributed by atoms with Crippen LogP contribution in [-0.4, -0.2) is 9.97 Å². The number of para-hydroxylation sites is 1. The summed E-state index contributed by atoms with van der Waals surface area (Å²) in [5.74, 6) is 2.38. The molecule has 0 fully saturated rings. The zero-order valence-corrected chi connectivity index (χ0v) is 27.1. The molecule has 3 heteroatoms. The van der Waals surface area contributed by atoms with E-state index in [-0.39, 0.29) is 0 Å². The number of hydrogen-bond acceptors (Lipinski definition) is 3. The number of aromatic nitrogens is 2. The van der Waals surface area contributed by atoms with Crippen molar-refractivity contribution in [1.82, 2.24) is 9.97 Å². The molecule has 2 aliphatic rings. The first kappa shape index (κ1) is 28.4. The van der Waals surface area contributed by atoms with Crippen LogP contribution in [0.5, 0.6) is 11.5 Å². The minimum Gasteiger partial charge on any atom is -0.457 e. The lowest BCUT2D eigenvalue weighted by Crippen LogP contribution is -2.32. The Morgan fingerprint density at radius 1 is 0.340 bits per heavy atom. The molecule has 0 amide bonds. The van der Waals surface area contributed by atoms with Crippen LogP contribution in [0.2, 0.25) is 0 Å². The molecule has 0 N–H and O–H groups in total. The van der Waals surface area contributed by atoms with Crippen LogP contribution in [-0.2, 0) is 5.41 Å². The Hall–Kier alpha value is -6.58. The highest BCUT2D eigenvalue weighted by molar-refractivity contribution is 5.89. The maximum atomic E-state index is 6.82. The molecule has 0 saturated heterocycles. The summed E-state index contributed by atoms with van der Waals surface area (Å²) in [5, 5.41) is 0. The monoisotopic (exact) mass is 638 g/mol. The van der Waals surface area contributed by atoms with E-state index in [2.05, 4.69) is 158 Å². The largest absolute Gasteiger partial charge is 0.457 e. The second-order valence-electron chi connectivity index (χ2n) is 12.9. The van der Waals surface area contributed by atoms with Gasteiger partial charge in [0, 0.05) is 27.8 Å². The van der Waals surface area contributed by atoms with Crippen molar-refractivity contribution in [2.24, 2.45) is 0 Å². The first-order chi connectivity index (χ1) is 24.8. The average Bonchev–Trinajstić information content (AvgIpc) is 3.49. The fraction of sp³-hybridized carbons (Fsp3) is 0.0213. The van der Waals surface area contributed by atoms with Gasteiger partial charge in [-0.25, -0.2) is 9.97 Å². The quantitative estimate of drug-likeness (QED) is 0.192. The predicted molar refractivity (Wildman–Crippen MR) is 201 cm³/mol. The highest BCUT2D eigenvalue weighted by Crippen LogP contribution is 2.62. The van der Waals surface area contributed by atoms with E-state index < -0.39 is 5.41 Å². The third-order valence-corrected chi connectivity index (χ3v) is 10.2. The van der Waals surface area contributed by atoms with Crippen molar-refractivity contribution in [2.45, 2.75) is 5.41 Å². The topological polar surface area (TPSA) is 35.0 Å². The zero-order chi connectivity index (χ0) is 33.1. The first-order valence-corrected chi connectivity index (χ1v) is 17.0. The molecule has 0 bridgehead atoms. The van der Waals surface area contributed by atoms with Crippen LogP contribution in [0, 0.1) is 0 Å². The van der Waals surface area contributed by atoms with Gasteiger partial charge in [-0.15, -0.1) is 0 Å². The van der Waals surface area contributed by atoms with Gasteiger partial charge in [0.15, 0.2) is 5.82 Å². The summed E-state index contributed by atoms with van der Waals surface area (Å²) < 4.78 is 6.82. The second-order valence-corrected chi connectivity index (χ2v) is 12.9. The van der Waals surface area contributed by atoms with Crippen molar-refractivity contribution < 1.29 is 4.74 Å². The fourth-order valence-electron chi connectivity index (χ4n) is 8.05. The van der Waals surface area contributed by atoms with E-state index in [1.165, 1.54) is 22.3 Å². The normalized spacial score (nSPS) is 13.1. The lowest BCUT2D eigenvalue weighted by atomic mass is 9.66. The van der Waals surface area contributed by atoms with Gasteiger partial charge in [0.05, 0.1) is 16.8 Å². The smallest absolute Gasteiger partial charge is 0.160 e. The zero-order valence-electron chi connectivity index (χ0n) is 27.1. The molecule has 1 aliphatic carbocycles. The predicted octanol–water partition coefficient (Wildman–Crippen LogP) is 11.6. The summed E-state index contributed by atoms with van der Waals surface area (Å²) in [5.41, 5.74) is 13.8. The number of benzene rings is 7. The Bertz CT molecular complexity index is 2530. The molecule has 10 rings (SSSR count). The number of hydrogen-bond donors (Lipinski definition) is 0. The van der Waals surface area contributed by atoms with Crippen LogP contribution in [0.25, 0.3) is 56.2 Å². The van der Waals surface area contributed by atoms with Gasteiger partial charge < -0.3 is 4.74 Å². The van der Waals surface area contributed by atoms with Gasteiger partial charge in [-0.05, 0) is 51.6 Å². The molecule has 1 spiro atoms. The molecule has 0 radical (unpaired) electrons. The van der Waals surface area contributed by atoms with Crippen LogP contribution in [0.3, 0.4) is 0 Å². The maximum absolute atomic E-state index is 6.82.